The van der Waals surface area contributed by atoms with Gasteiger partial charge in [-0.05, 0) is 118 Å². The summed E-state index contributed by atoms with van der Waals surface area (Å²) in [7, 11) is 0. The predicted octanol–water partition coefficient (Wildman–Crippen LogP) is 13.0. The largest absolute Gasteiger partial charge is 0.309 e. The molecule has 6 rings (SSSR count). The van der Waals surface area contributed by atoms with Crippen molar-refractivity contribution in [3.63, 3.8) is 0 Å². The van der Waals surface area contributed by atoms with Crippen LogP contribution >= 0.6 is 0 Å². The predicted molar refractivity (Wildman–Crippen MR) is 230 cm³/mol. The van der Waals surface area contributed by atoms with Crippen LogP contribution in [-0.2, 0) is 0 Å². The molecule has 1 heteroatoms. The van der Waals surface area contributed by atoms with E-state index in [0.29, 0.717) is 0 Å². The molecule has 1 aliphatic rings. The zero-order valence-electron chi connectivity index (χ0n) is 31.6. The molecule has 0 spiro atoms. The molecule has 0 bridgehead atoms. The van der Waals surface area contributed by atoms with Gasteiger partial charge < -0.3 is 4.57 Å². The van der Waals surface area contributed by atoms with E-state index in [2.05, 4.69) is 180 Å². The average Bonchev–Trinajstić information content (AvgIpc) is 3.32. The third-order valence-electron chi connectivity index (χ3n) is 9.47. The molecule has 1 aromatic heterocycles. The minimum Gasteiger partial charge on any atom is -0.309 e. The monoisotopic (exact) mass is 667 g/mol. The van der Waals surface area contributed by atoms with E-state index < -0.39 is 0 Å². The molecule has 0 radical (unpaired) electrons. The van der Waals surface area contributed by atoms with Crippen molar-refractivity contribution in [1.82, 2.24) is 4.57 Å². The Kier molecular flexibility index (Phi) is 12.3. The van der Waals surface area contributed by atoms with E-state index in [1.54, 1.807) is 0 Å². The van der Waals surface area contributed by atoms with Crippen LogP contribution in [0.3, 0.4) is 0 Å². The SMILES string of the molecule is C=C/C=C(\C=C/CC)c1cccc(C2=CC(C)C=c3c(C=C)c(/C=C\C)n(-c4ccc5c(c4)c(/C=C\CC)c(C)c4ccccc45)c3=C2)c1.CC. The van der Waals surface area contributed by atoms with Crippen LogP contribution in [0.4, 0.5) is 0 Å². The molecule has 258 valence electrons. The zero-order chi connectivity index (χ0) is 36.5. The number of rotatable bonds is 10. The summed E-state index contributed by atoms with van der Waals surface area (Å²) in [6, 6.07) is 24.7. The number of nitrogens with zero attached hydrogens (tertiary/aromatic N) is 1. The molecule has 0 aliphatic heterocycles. The second-order valence-electron chi connectivity index (χ2n) is 12.8. The fraction of sp³-hybridized carbons (Fsp3) is 0.200. The topological polar surface area (TPSA) is 4.93 Å². The van der Waals surface area contributed by atoms with Gasteiger partial charge in [-0.25, -0.2) is 0 Å². The fourth-order valence-electron chi connectivity index (χ4n) is 7.22. The Balaban J connectivity index is 0.00000248. The molecular weight excluding hydrogens is 615 g/mol. The average molecular weight is 668 g/mol. The summed E-state index contributed by atoms with van der Waals surface area (Å²) < 4.78 is 2.43. The molecular formula is C50H53N. The molecule has 0 fully saturated rings. The van der Waals surface area contributed by atoms with E-state index in [0.717, 1.165) is 35.4 Å². The molecule has 0 N–H and O–H groups in total. The third kappa shape index (κ3) is 7.40. The van der Waals surface area contributed by atoms with E-state index >= 15 is 0 Å². The van der Waals surface area contributed by atoms with Crippen LogP contribution in [0.1, 0.15) is 87.9 Å². The van der Waals surface area contributed by atoms with E-state index in [1.165, 1.54) is 59.9 Å². The molecule has 0 saturated heterocycles. The Morgan fingerprint density at radius 3 is 2.25 bits per heavy atom. The van der Waals surface area contributed by atoms with Gasteiger partial charge in [-0.2, -0.15) is 0 Å². The Morgan fingerprint density at radius 1 is 0.804 bits per heavy atom. The van der Waals surface area contributed by atoms with Crippen LogP contribution in [0, 0.1) is 12.8 Å². The molecule has 4 aromatic carbocycles. The van der Waals surface area contributed by atoms with Crippen LogP contribution in [0.25, 0.3) is 68.8 Å². The maximum absolute atomic E-state index is 4.31. The minimum absolute atomic E-state index is 0.226. The van der Waals surface area contributed by atoms with Gasteiger partial charge >= 0.3 is 0 Å². The van der Waals surface area contributed by atoms with Crippen molar-refractivity contribution in [2.75, 3.05) is 0 Å². The number of allylic oxidation sites excluding steroid dienone is 9. The Morgan fingerprint density at radius 2 is 1.55 bits per heavy atom. The lowest BCUT2D eigenvalue weighted by Crippen LogP contribution is -2.29. The summed E-state index contributed by atoms with van der Waals surface area (Å²) in [6.45, 7) is 23.3. The first-order valence-corrected chi connectivity index (χ1v) is 18.6. The van der Waals surface area contributed by atoms with Crippen LogP contribution in [-0.4, -0.2) is 4.57 Å². The molecule has 1 aliphatic carbocycles. The van der Waals surface area contributed by atoms with Gasteiger partial charge in [0, 0.05) is 16.5 Å². The summed E-state index contributed by atoms with van der Waals surface area (Å²) in [4.78, 5) is 0. The molecule has 1 heterocycles. The van der Waals surface area contributed by atoms with Crippen molar-refractivity contribution in [2.24, 2.45) is 5.92 Å². The third-order valence-corrected chi connectivity index (χ3v) is 9.47. The van der Waals surface area contributed by atoms with Crippen LogP contribution in [0.5, 0.6) is 0 Å². The van der Waals surface area contributed by atoms with Crippen molar-refractivity contribution in [2.45, 2.75) is 61.3 Å². The highest BCUT2D eigenvalue weighted by Gasteiger charge is 2.18. The molecule has 0 saturated carbocycles. The summed E-state index contributed by atoms with van der Waals surface area (Å²) in [5.41, 5.74) is 10.8. The number of aryl methyl sites for hydroxylation is 1. The van der Waals surface area contributed by atoms with Gasteiger partial charge in [-0.15, -0.1) is 0 Å². The van der Waals surface area contributed by atoms with Gasteiger partial charge in [-0.1, -0.05) is 157 Å². The second kappa shape index (κ2) is 17.0. The summed E-state index contributed by atoms with van der Waals surface area (Å²) in [5, 5.41) is 7.53. The van der Waals surface area contributed by atoms with Crippen molar-refractivity contribution in [1.29, 1.82) is 0 Å². The normalized spacial score (nSPS) is 14.6. The first kappa shape index (κ1) is 36.9. The molecule has 1 unspecified atom stereocenters. The number of hydrogen-bond acceptors (Lipinski definition) is 0. The van der Waals surface area contributed by atoms with Crippen molar-refractivity contribution < 1.29 is 0 Å². The van der Waals surface area contributed by atoms with E-state index in [-0.39, 0.29) is 5.92 Å². The lowest BCUT2D eigenvalue weighted by Gasteiger charge is -2.16. The Labute approximate surface area is 306 Å². The van der Waals surface area contributed by atoms with E-state index in [4.69, 9.17) is 0 Å². The first-order valence-electron chi connectivity index (χ1n) is 18.6. The molecule has 51 heavy (non-hydrogen) atoms. The van der Waals surface area contributed by atoms with Crippen molar-refractivity contribution in [3.8, 4) is 5.69 Å². The Hall–Kier alpha value is -5.40. The lowest BCUT2D eigenvalue weighted by atomic mass is 9.91. The number of aromatic nitrogens is 1. The Bertz CT molecular complexity index is 2360. The maximum Gasteiger partial charge on any atom is 0.0544 e. The zero-order valence-corrected chi connectivity index (χ0v) is 31.6. The van der Waals surface area contributed by atoms with Gasteiger partial charge in [-0.3, -0.25) is 0 Å². The molecule has 1 nitrogen and oxygen atoms in total. The van der Waals surface area contributed by atoms with Gasteiger partial charge in [0.05, 0.1) is 11.0 Å². The summed E-state index contributed by atoms with van der Waals surface area (Å²) >= 11 is 0. The van der Waals surface area contributed by atoms with E-state index in [9.17, 15) is 0 Å². The van der Waals surface area contributed by atoms with Crippen LogP contribution < -0.4 is 10.6 Å². The molecule has 5 aromatic rings. The highest BCUT2D eigenvalue weighted by molar-refractivity contribution is 6.13. The van der Waals surface area contributed by atoms with Gasteiger partial charge in [0.1, 0.15) is 0 Å². The first-order chi connectivity index (χ1) is 24.9. The van der Waals surface area contributed by atoms with Gasteiger partial charge in [0.25, 0.3) is 0 Å². The summed E-state index contributed by atoms with van der Waals surface area (Å²) in [6.07, 6.45) is 28.4. The molecule has 1 atom stereocenters. The van der Waals surface area contributed by atoms with Crippen LogP contribution in [0.2, 0.25) is 0 Å². The summed E-state index contributed by atoms with van der Waals surface area (Å²) in [5.74, 6) is 0.226. The van der Waals surface area contributed by atoms with Crippen molar-refractivity contribution in [3.05, 3.63) is 166 Å². The van der Waals surface area contributed by atoms with Gasteiger partial charge in [0.2, 0.25) is 0 Å². The molecule has 0 amide bonds. The standard InChI is InChI=1S/C48H47N.C2H6/c1-8-13-20-35(18-10-3)36-21-17-22-37(30-36)38-28-33(6)29-46-40(12-5)47(19-11-4)49(48(46)31-38)39-26-27-44-43-25-16-15-24-41(43)34(7)42(23-14-9-2)45(44)32-39;1-2/h10-33H,3,5,8-9H2,1-2,4,6-7H3;1-2H3/b19-11-,20-13-,23-14-,35-18+;. The second-order valence-corrected chi connectivity index (χ2v) is 12.8. The number of hydrogen-bond donors (Lipinski definition) is 0. The highest BCUT2D eigenvalue weighted by Crippen LogP contribution is 2.35. The number of fused-ring (bicyclic) bond motifs is 4. The minimum atomic E-state index is 0.226. The van der Waals surface area contributed by atoms with Gasteiger partial charge in [0.15, 0.2) is 0 Å². The highest BCUT2D eigenvalue weighted by atomic mass is 15.0. The maximum atomic E-state index is 4.31. The number of benzene rings is 4. The van der Waals surface area contributed by atoms with Crippen molar-refractivity contribution >= 4 is 63.1 Å². The lowest BCUT2D eigenvalue weighted by molar-refractivity contribution is 0.995. The fourth-order valence-corrected chi connectivity index (χ4v) is 7.22. The quantitative estimate of drug-likeness (QED) is 0.103. The van der Waals surface area contributed by atoms with E-state index in [1.807, 2.05) is 26.0 Å². The van der Waals surface area contributed by atoms with Crippen LogP contribution in [0.15, 0.2) is 122 Å². The smallest absolute Gasteiger partial charge is 0.0544 e.